The molecule has 4 aromatic rings. The Balaban J connectivity index is 1.69. The molecule has 0 amide bonds. The molecular weight excluding hydrogens is 442 g/mol. The highest BCUT2D eigenvalue weighted by Gasteiger charge is 2.23. The van der Waals surface area contributed by atoms with Crippen molar-refractivity contribution < 1.29 is 17.6 Å². The van der Waals surface area contributed by atoms with Crippen LogP contribution >= 0.6 is 0 Å². The zero-order valence-electron chi connectivity index (χ0n) is 18.9. The molecule has 3 aromatic carbocycles. The Bertz CT molecular complexity index is 1350. The summed E-state index contributed by atoms with van der Waals surface area (Å²) in [6, 6.07) is 11.7. The summed E-state index contributed by atoms with van der Waals surface area (Å²) in [6.45, 7) is 2.84. The standard InChI is InChI=1S/C27H25F4N3/c1-2-3-14-34-22-13-7-12-21(32-26-23(30)19(28)15-20(29)24(26)31)25(22)33-27(34)18-11-6-9-16-8-4-5-10-17(16)18/h6-7,9,11-13,15,32H,2-5,8,10,14H2,1H3. The number of fused-ring (bicyclic) bond motifs is 2. The number of benzene rings is 3. The van der Waals surface area contributed by atoms with E-state index in [2.05, 4.69) is 28.9 Å². The smallest absolute Gasteiger partial charge is 0.185 e. The quantitative estimate of drug-likeness (QED) is 0.233. The Morgan fingerprint density at radius 1 is 0.941 bits per heavy atom. The first-order chi connectivity index (χ1) is 16.5. The predicted octanol–water partition coefficient (Wildman–Crippen LogP) is 7.68. The molecule has 0 radical (unpaired) electrons. The van der Waals surface area contributed by atoms with Crippen LogP contribution in [-0.2, 0) is 19.4 Å². The number of unbranched alkanes of at least 4 members (excludes halogenated alkanes) is 1. The van der Waals surface area contributed by atoms with Crippen LogP contribution in [0, 0.1) is 23.3 Å². The number of nitrogens with one attached hydrogen (secondary N) is 1. The maximum absolute atomic E-state index is 14.4. The number of imidazole rings is 1. The molecule has 1 heterocycles. The third-order valence-corrected chi connectivity index (χ3v) is 6.52. The van der Waals surface area contributed by atoms with Gasteiger partial charge in [0.05, 0.1) is 11.2 Å². The minimum Gasteiger partial charge on any atom is -0.349 e. The molecule has 0 atom stereocenters. The van der Waals surface area contributed by atoms with Gasteiger partial charge in [0.15, 0.2) is 23.3 Å². The van der Waals surface area contributed by atoms with E-state index < -0.39 is 29.0 Å². The number of rotatable bonds is 6. The van der Waals surface area contributed by atoms with Crippen molar-refractivity contribution >= 4 is 22.4 Å². The van der Waals surface area contributed by atoms with Crippen LogP contribution in [0.2, 0.25) is 0 Å². The Labute approximate surface area is 195 Å². The second-order valence-corrected chi connectivity index (χ2v) is 8.73. The molecule has 0 aliphatic heterocycles. The molecule has 1 aromatic heterocycles. The van der Waals surface area contributed by atoms with Gasteiger partial charge < -0.3 is 9.88 Å². The number of aryl methyl sites for hydroxylation is 2. The second kappa shape index (κ2) is 9.12. The van der Waals surface area contributed by atoms with Crippen molar-refractivity contribution in [2.24, 2.45) is 0 Å². The van der Waals surface area contributed by atoms with Gasteiger partial charge in [0.25, 0.3) is 0 Å². The molecule has 0 unspecified atom stereocenters. The Kier molecular flexibility index (Phi) is 6.02. The average molecular weight is 468 g/mol. The van der Waals surface area contributed by atoms with Gasteiger partial charge in [0, 0.05) is 18.2 Å². The van der Waals surface area contributed by atoms with Crippen LogP contribution in [0.4, 0.5) is 28.9 Å². The van der Waals surface area contributed by atoms with Gasteiger partial charge in [0.2, 0.25) is 0 Å². The number of halogens is 4. The zero-order valence-corrected chi connectivity index (χ0v) is 18.9. The molecule has 0 spiro atoms. The highest BCUT2D eigenvalue weighted by molar-refractivity contribution is 5.93. The number of hydrogen-bond donors (Lipinski definition) is 1. The molecule has 176 valence electrons. The van der Waals surface area contributed by atoms with Crippen LogP contribution in [0.3, 0.4) is 0 Å². The normalized spacial score (nSPS) is 13.3. The average Bonchev–Trinajstić information content (AvgIpc) is 3.22. The highest BCUT2D eigenvalue weighted by atomic mass is 19.2. The van der Waals surface area contributed by atoms with Crippen molar-refractivity contribution in [3.05, 3.63) is 76.9 Å². The fourth-order valence-electron chi connectivity index (χ4n) is 4.80. The van der Waals surface area contributed by atoms with E-state index in [1.54, 1.807) is 12.1 Å². The molecule has 0 fully saturated rings. The largest absolute Gasteiger partial charge is 0.349 e. The molecule has 1 aliphatic rings. The van der Waals surface area contributed by atoms with E-state index in [-0.39, 0.29) is 11.8 Å². The highest BCUT2D eigenvalue weighted by Crippen LogP contribution is 2.36. The SMILES string of the molecule is CCCCn1c(-c2cccc3c2CCCC3)nc2c(Nc3c(F)c(F)cc(F)c3F)cccc21. The van der Waals surface area contributed by atoms with Crippen LogP contribution in [0.25, 0.3) is 22.4 Å². The second-order valence-electron chi connectivity index (χ2n) is 8.73. The van der Waals surface area contributed by atoms with Crippen molar-refractivity contribution in [1.29, 1.82) is 0 Å². The number of para-hydroxylation sites is 1. The molecule has 0 bridgehead atoms. The van der Waals surface area contributed by atoms with Crippen LogP contribution in [0.1, 0.15) is 43.7 Å². The van der Waals surface area contributed by atoms with Crippen LogP contribution in [0.15, 0.2) is 42.5 Å². The summed E-state index contributed by atoms with van der Waals surface area (Å²) >= 11 is 0. The lowest BCUT2D eigenvalue weighted by Gasteiger charge is -2.19. The van der Waals surface area contributed by atoms with E-state index in [4.69, 9.17) is 4.98 Å². The van der Waals surface area contributed by atoms with Gasteiger partial charge in [-0.3, -0.25) is 0 Å². The van der Waals surface area contributed by atoms with Crippen molar-refractivity contribution in [3.63, 3.8) is 0 Å². The number of aromatic nitrogens is 2. The van der Waals surface area contributed by atoms with E-state index in [9.17, 15) is 17.6 Å². The summed E-state index contributed by atoms with van der Waals surface area (Å²) in [5.41, 5.74) is 4.37. The molecule has 5 rings (SSSR count). The molecule has 1 aliphatic carbocycles. The minimum atomic E-state index is -1.47. The number of nitrogens with zero attached hydrogens (tertiary/aromatic N) is 2. The van der Waals surface area contributed by atoms with Crippen molar-refractivity contribution in [2.75, 3.05) is 5.32 Å². The number of anilines is 2. The first-order valence-electron chi connectivity index (χ1n) is 11.7. The third-order valence-electron chi connectivity index (χ3n) is 6.52. The van der Waals surface area contributed by atoms with Gasteiger partial charge >= 0.3 is 0 Å². The van der Waals surface area contributed by atoms with Gasteiger partial charge in [-0.2, -0.15) is 0 Å². The van der Waals surface area contributed by atoms with E-state index in [0.717, 1.165) is 62.0 Å². The molecule has 7 heteroatoms. The summed E-state index contributed by atoms with van der Waals surface area (Å²) in [7, 11) is 0. The summed E-state index contributed by atoms with van der Waals surface area (Å²) < 4.78 is 58.4. The fourth-order valence-corrected chi connectivity index (χ4v) is 4.80. The van der Waals surface area contributed by atoms with Crippen LogP contribution in [-0.4, -0.2) is 9.55 Å². The van der Waals surface area contributed by atoms with E-state index in [0.29, 0.717) is 5.52 Å². The molecular formula is C27H25F4N3. The molecule has 1 N–H and O–H groups in total. The lowest BCUT2D eigenvalue weighted by Crippen LogP contribution is -2.07. The number of hydrogen-bond acceptors (Lipinski definition) is 2. The fraction of sp³-hybridized carbons (Fsp3) is 0.296. The minimum absolute atomic E-state index is 0.201. The van der Waals surface area contributed by atoms with Crippen LogP contribution < -0.4 is 5.32 Å². The maximum atomic E-state index is 14.4. The summed E-state index contributed by atoms with van der Waals surface area (Å²) in [4.78, 5) is 4.91. The van der Waals surface area contributed by atoms with Gasteiger partial charge in [0.1, 0.15) is 17.0 Å². The Morgan fingerprint density at radius 3 is 2.44 bits per heavy atom. The third kappa shape index (κ3) is 3.83. The van der Waals surface area contributed by atoms with Crippen molar-refractivity contribution in [3.8, 4) is 11.4 Å². The lowest BCUT2D eigenvalue weighted by atomic mass is 9.88. The lowest BCUT2D eigenvalue weighted by molar-refractivity contribution is 0.459. The monoisotopic (exact) mass is 467 g/mol. The van der Waals surface area contributed by atoms with Crippen LogP contribution in [0.5, 0.6) is 0 Å². The Morgan fingerprint density at radius 2 is 1.68 bits per heavy atom. The van der Waals surface area contributed by atoms with Gasteiger partial charge in [-0.25, -0.2) is 22.5 Å². The molecule has 3 nitrogen and oxygen atoms in total. The van der Waals surface area contributed by atoms with Gasteiger partial charge in [-0.1, -0.05) is 37.6 Å². The van der Waals surface area contributed by atoms with Crippen molar-refractivity contribution in [1.82, 2.24) is 9.55 Å². The maximum Gasteiger partial charge on any atom is 0.185 e. The van der Waals surface area contributed by atoms with Gasteiger partial charge in [-0.05, 0) is 55.4 Å². The van der Waals surface area contributed by atoms with E-state index >= 15 is 0 Å². The molecule has 0 saturated heterocycles. The molecule has 34 heavy (non-hydrogen) atoms. The first kappa shape index (κ1) is 22.4. The summed E-state index contributed by atoms with van der Waals surface area (Å²) in [5, 5.41) is 2.57. The Hall–Kier alpha value is -3.35. The van der Waals surface area contributed by atoms with E-state index in [1.165, 1.54) is 11.1 Å². The zero-order chi connectivity index (χ0) is 23.8. The topological polar surface area (TPSA) is 29.9 Å². The summed E-state index contributed by atoms with van der Waals surface area (Å²) in [6.07, 6.45) is 6.22. The predicted molar refractivity (Wildman–Crippen MR) is 126 cm³/mol. The van der Waals surface area contributed by atoms with Gasteiger partial charge in [-0.15, -0.1) is 0 Å². The van der Waals surface area contributed by atoms with E-state index in [1.807, 2.05) is 12.1 Å². The molecule has 0 saturated carbocycles. The van der Waals surface area contributed by atoms with Crippen molar-refractivity contribution in [2.45, 2.75) is 52.0 Å². The first-order valence-corrected chi connectivity index (χ1v) is 11.7. The summed E-state index contributed by atoms with van der Waals surface area (Å²) in [5.74, 6) is -5.07.